The molecule has 2 N–H and O–H groups in total. The second-order valence-electron chi connectivity index (χ2n) is 5.88. The van der Waals surface area contributed by atoms with Crippen molar-refractivity contribution in [1.82, 2.24) is 0 Å². The van der Waals surface area contributed by atoms with Crippen LogP contribution >= 0.6 is 0 Å². The van der Waals surface area contributed by atoms with Crippen molar-refractivity contribution in [2.45, 2.75) is 51.5 Å². The molecular weight excluding hydrogens is 158 g/mol. The van der Waals surface area contributed by atoms with Crippen LogP contribution in [0.15, 0.2) is 0 Å². The summed E-state index contributed by atoms with van der Waals surface area (Å²) in [6, 6.07) is 0.566. The molecule has 3 aliphatic carbocycles. The van der Waals surface area contributed by atoms with Crippen molar-refractivity contribution in [2.75, 3.05) is 0 Å². The Morgan fingerprint density at radius 3 is 2.62 bits per heavy atom. The highest BCUT2D eigenvalue weighted by molar-refractivity contribution is 5.10. The Morgan fingerprint density at radius 1 is 1.23 bits per heavy atom. The van der Waals surface area contributed by atoms with Gasteiger partial charge in [-0.05, 0) is 55.3 Å². The molecule has 0 saturated heterocycles. The zero-order valence-electron chi connectivity index (χ0n) is 8.63. The Hall–Kier alpha value is -0.0400. The number of fused-ring (bicyclic) bond motifs is 3. The highest BCUT2D eigenvalue weighted by atomic mass is 14.8. The average molecular weight is 179 g/mol. The van der Waals surface area contributed by atoms with Crippen LogP contribution in [0.25, 0.3) is 0 Å². The lowest BCUT2D eigenvalue weighted by molar-refractivity contribution is 0.134. The van der Waals surface area contributed by atoms with E-state index in [0.717, 1.165) is 17.8 Å². The standard InChI is InChI=1S/C12H21N/c1-8-4-5-12(7-8)10-3-2-9(6-10)11(12)13/h8-11H,2-7,13H2,1H3/t8-,9+,10-,11+,12?/m1/s1. The summed E-state index contributed by atoms with van der Waals surface area (Å²) in [5, 5.41) is 0. The van der Waals surface area contributed by atoms with Crippen LogP contribution in [0.1, 0.15) is 45.4 Å². The molecule has 13 heavy (non-hydrogen) atoms. The highest BCUT2D eigenvalue weighted by Gasteiger charge is 2.58. The SMILES string of the molecule is C[C@@H]1CCC2(C1)[C@@H]1CC[C@@H](C1)[C@@H]2N. The quantitative estimate of drug-likeness (QED) is 0.607. The van der Waals surface area contributed by atoms with Gasteiger partial charge in [0.1, 0.15) is 0 Å². The van der Waals surface area contributed by atoms with Gasteiger partial charge in [-0.15, -0.1) is 0 Å². The molecule has 1 spiro atoms. The monoisotopic (exact) mass is 179 g/mol. The van der Waals surface area contributed by atoms with Crippen LogP contribution < -0.4 is 5.73 Å². The van der Waals surface area contributed by atoms with Gasteiger partial charge in [0.25, 0.3) is 0 Å². The van der Waals surface area contributed by atoms with Gasteiger partial charge in [0.2, 0.25) is 0 Å². The molecule has 0 aliphatic heterocycles. The molecule has 1 unspecified atom stereocenters. The summed E-state index contributed by atoms with van der Waals surface area (Å²) in [6.07, 6.45) is 8.71. The molecule has 74 valence electrons. The predicted octanol–water partition coefficient (Wildman–Crippen LogP) is 2.55. The van der Waals surface area contributed by atoms with Gasteiger partial charge >= 0.3 is 0 Å². The van der Waals surface area contributed by atoms with Crippen molar-refractivity contribution in [1.29, 1.82) is 0 Å². The minimum absolute atomic E-state index is 0.566. The van der Waals surface area contributed by atoms with E-state index in [0.29, 0.717) is 11.5 Å². The normalized spacial score (nSPS) is 59.5. The van der Waals surface area contributed by atoms with Crippen molar-refractivity contribution in [3.63, 3.8) is 0 Å². The van der Waals surface area contributed by atoms with E-state index in [4.69, 9.17) is 5.73 Å². The lowest BCUT2D eigenvalue weighted by Gasteiger charge is -2.39. The lowest BCUT2D eigenvalue weighted by atomic mass is 9.68. The van der Waals surface area contributed by atoms with Crippen molar-refractivity contribution >= 4 is 0 Å². The van der Waals surface area contributed by atoms with Gasteiger partial charge in [0, 0.05) is 6.04 Å². The molecule has 3 aliphatic rings. The summed E-state index contributed by atoms with van der Waals surface area (Å²) >= 11 is 0. The maximum Gasteiger partial charge on any atom is 0.0127 e. The van der Waals surface area contributed by atoms with Gasteiger partial charge in [0.15, 0.2) is 0 Å². The van der Waals surface area contributed by atoms with Crippen LogP contribution in [0.4, 0.5) is 0 Å². The van der Waals surface area contributed by atoms with Crippen LogP contribution in [0.3, 0.4) is 0 Å². The zero-order chi connectivity index (χ0) is 9.05. The molecular formula is C12H21N. The third kappa shape index (κ3) is 0.918. The number of nitrogens with two attached hydrogens (primary N) is 1. The second kappa shape index (κ2) is 2.50. The van der Waals surface area contributed by atoms with Crippen molar-refractivity contribution in [2.24, 2.45) is 28.9 Å². The largest absolute Gasteiger partial charge is 0.327 e. The Morgan fingerprint density at radius 2 is 2.08 bits per heavy atom. The third-order valence-corrected chi connectivity index (χ3v) is 5.29. The molecule has 3 rings (SSSR count). The summed E-state index contributed by atoms with van der Waals surface area (Å²) in [5.74, 6) is 2.86. The first-order chi connectivity index (χ1) is 6.22. The third-order valence-electron chi connectivity index (χ3n) is 5.29. The van der Waals surface area contributed by atoms with E-state index in [2.05, 4.69) is 6.92 Å². The lowest BCUT2D eigenvalue weighted by Crippen LogP contribution is -2.44. The van der Waals surface area contributed by atoms with Gasteiger partial charge in [-0.2, -0.15) is 0 Å². The summed E-state index contributed by atoms with van der Waals surface area (Å²) in [7, 11) is 0. The number of rotatable bonds is 0. The van der Waals surface area contributed by atoms with E-state index in [-0.39, 0.29) is 0 Å². The van der Waals surface area contributed by atoms with Crippen molar-refractivity contribution in [3.05, 3.63) is 0 Å². The van der Waals surface area contributed by atoms with E-state index in [1.165, 1.54) is 38.5 Å². The van der Waals surface area contributed by atoms with Gasteiger partial charge in [0.05, 0.1) is 0 Å². The molecule has 3 saturated carbocycles. The second-order valence-corrected chi connectivity index (χ2v) is 5.88. The van der Waals surface area contributed by atoms with Crippen LogP contribution in [0.5, 0.6) is 0 Å². The first kappa shape index (κ1) is 8.28. The molecule has 3 fully saturated rings. The van der Waals surface area contributed by atoms with E-state index < -0.39 is 0 Å². The Bertz CT molecular complexity index is 221. The smallest absolute Gasteiger partial charge is 0.0127 e. The number of hydrogen-bond acceptors (Lipinski definition) is 1. The van der Waals surface area contributed by atoms with Crippen LogP contribution in [0.2, 0.25) is 0 Å². The summed E-state index contributed by atoms with van der Waals surface area (Å²) < 4.78 is 0. The number of hydrogen-bond donors (Lipinski definition) is 1. The molecule has 0 aromatic heterocycles. The predicted molar refractivity (Wildman–Crippen MR) is 54.3 cm³/mol. The zero-order valence-corrected chi connectivity index (χ0v) is 8.63. The summed E-state index contributed by atoms with van der Waals surface area (Å²) in [5.41, 5.74) is 7.04. The first-order valence-corrected chi connectivity index (χ1v) is 5.98. The molecule has 0 aromatic rings. The minimum atomic E-state index is 0.566. The van der Waals surface area contributed by atoms with Gasteiger partial charge < -0.3 is 5.73 Å². The Labute approximate surface area is 81.1 Å². The fourth-order valence-corrected chi connectivity index (χ4v) is 4.65. The van der Waals surface area contributed by atoms with E-state index in [9.17, 15) is 0 Å². The Kier molecular flexibility index (Phi) is 1.59. The van der Waals surface area contributed by atoms with Crippen LogP contribution in [0, 0.1) is 23.2 Å². The van der Waals surface area contributed by atoms with E-state index >= 15 is 0 Å². The molecule has 0 heterocycles. The first-order valence-electron chi connectivity index (χ1n) is 5.98. The van der Waals surface area contributed by atoms with Crippen LogP contribution in [-0.4, -0.2) is 6.04 Å². The molecule has 0 amide bonds. The van der Waals surface area contributed by atoms with E-state index in [1.807, 2.05) is 0 Å². The van der Waals surface area contributed by atoms with Crippen molar-refractivity contribution in [3.8, 4) is 0 Å². The van der Waals surface area contributed by atoms with Crippen molar-refractivity contribution < 1.29 is 0 Å². The molecule has 1 heteroatoms. The summed E-state index contributed by atoms with van der Waals surface area (Å²) in [6.45, 7) is 2.41. The fourth-order valence-electron chi connectivity index (χ4n) is 4.65. The summed E-state index contributed by atoms with van der Waals surface area (Å²) in [4.78, 5) is 0. The minimum Gasteiger partial charge on any atom is -0.327 e. The fraction of sp³-hybridized carbons (Fsp3) is 1.00. The van der Waals surface area contributed by atoms with Crippen LogP contribution in [-0.2, 0) is 0 Å². The maximum atomic E-state index is 6.42. The topological polar surface area (TPSA) is 26.0 Å². The van der Waals surface area contributed by atoms with Gasteiger partial charge in [-0.25, -0.2) is 0 Å². The Balaban J connectivity index is 1.90. The van der Waals surface area contributed by atoms with Gasteiger partial charge in [-0.3, -0.25) is 0 Å². The average Bonchev–Trinajstić information content (AvgIpc) is 2.73. The van der Waals surface area contributed by atoms with Gasteiger partial charge in [-0.1, -0.05) is 13.3 Å². The molecule has 0 aromatic carbocycles. The molecule has 2 bridgehead atoms. The molecule has 5 atom stereocenters. The molecule has 0 radical (unpaired) electrons. The highest BCUT2D eigenvalue weighted by Crippen LogP contribution is 2.62. The molecule has 1 nitrogen and oxygen atoms in total. The maximum absolute atomic E-state index is 6.42. The van der Waals surface area contributed by atoms with E-state index in [1.54, 1.807) is 0 Å².